The fourth-order valence-electron chi connectivity index (χ4n) is 0.573. The normalized spacial score (nSPS) is 51.2. The van der Waals surface area contributed by atoms with Crippen LogP contribution in [0.5, 0.6) is 0 Å². The van der Waals surface area contributed by atoms with Crippen LogP contribution in [0, 0.1) is 0 Å². The predicted octanol–water partition coefficient (Wildman–Crippen LogP) is 0.0744. The van der Waals surface area contributed by atoms with E-state index in [4.69, 9.17) is 6.85 Å². The number of esters is 1. The van der Waals surface area contributed by atoms with E-state index in [-0.39, 0.29) is 0 Å². The molecule has 1 aliphatic rings. The summed E-state index contributed by atoms with van der Waals surface area (Å²) in [6.07, 6.45) is -1.44. The van der Waals surface area contributed by atoms with Crippen molar-refractivity contribution in [3.63, 3.8) is 0 Å². The smallest absolute Gasteiger partial charge is 0.308 e. The first kappa shape index (κ1) is 2.58. The minimum atomic E-state index is -2.79. The SMILES string of the molecule is [2H]C1([2H])CC(O)(C([2H])([2H])[2H])CC(=O)O1. The highest BCUT2D eigenvalue weighted by atomic mass is 16.5. The lowest BCUT2D eigenvalue weighted by atomic mass is 9.97. The van der Waals surface area contributed by atoms with Crippen molar-refractivity contribution in [2.24, 2.45) is 0 Å². The van der Waals surface area contributed by atoms with Gasteiger partial charge in [-0.05, 0) is 6.85 Å². The Kier molecular flexibility index (Phi) is 0.570. The molecule has 1 unspecified atom stereocenters. The van der Waals surface area contributed by atoms with E-state index in [0.717, 1.165) is 0 Å². The van der Waals surface area contributed by atoms with Crippen molar-refractivity contribution in [3.8, 4) is 0 Å². The molecule has 0 aromatic carbocycles. The first-order chi connectivity index (χ1) is 6.06. The van der Waals surface area contributed by atoms with Crippen molar-refractivity contribution in [3.05, 3.63) is 0 Å². The number of carbonyl (C=O) groups excluding carboxylic acids is 1. The maximum Gasteiger partial charge on any atom is 0.308 e. The Morgan fingerprint density at radius 2 is 2.89 bits per heavy atom. The Balaban J connectivity index is 2.96. The van der Waals surface area contributed by atoms with Crippen molar-refractivity contribution in [2.45, 2.75) is 25.3 Å². The molecule has 1 rings (SSSR count). The largest absolute Gasteiger partial charge is 0.465 e. The highest BCUT2D eigenvalue weighted by Gasteiger charge is 2.29. The van der Waals surface area contributed by atoms with E-state index >= 15 is 0 Å². The maximum absolute atomic E-state index is 10.9. The second kappa shape index (κ2) is 1.99. The number of carbonyl (C=O) groups is 1. The van der Waals surface area contributed by atoms with Gasteiger partial charge < -0.3 is 9.84 Å². The topological polar surface area (TPSA) is 46.5 Å². The van der Waals surface area contributed by atoms with Gasteiger partial charge in [-0.25, -0.2) is 0 Å². The zero-order chi connectivity index (χ0) is 11.2. The zero-order valence-corrected chi connectivity index (χ0v) is 4.68. The van der Waals surface area contributed by atoms with Crippen LogP contribution in [-0.4, -0.2) is 23.2 Å². The minimum absolute atomic E-state index is 0.705. The van der Waals surface area contributed by atoms with Gasteiger partial charge in [0.15, 0.2) is 0 Å². The van der Waals surface area contributed by atoms with E-state index in [1.54, 1.807) is 0 Å². The van der Waals surface area contributed by atoms with E-state index in [1.807, 2.05) is 0 Å². The molecular weight excluding hydrogens is 120 g/mol. The van der Waals surface area contributed by atoms with E-state index in [2.05, 4.69) is 4.74 Å². The number of cyclic esters (lactones) is 1. The van der Waals surface area contributed by atoms with Gasteiger partial charge in [0, 0.05) is 10.5 Å². The molecule has 0 amide bonds. The number of ether oxygens (including phenoxy) is 1. The molecule has 0 saturated carbocycles. The van der Waals surface area contributed by atoms with Gasteiger partial charge in [-0.15, -0.1) is 0 Å². The quantitative estimate of drug-likeness (QED) is 0.478. The summed E-state index contributed by atoms with van der Waals surface area (Å²) in [6, 6.07) is 0. The molecule has 1 heterocycles. The second-order valence-corrected chi connectivity index (χ2v) is 2.00. The molecule has 1 atom stereocenters. The molecule has 1 aliphatic heterocycles. The third-order valence-corrected chi connectivity index (χ3v) is 0.987. The van der Waals surface area contributed by atoms with Gasteiger partial charge in [-0.3, -0.25) is 4.79 Å². The van der Waals surface area contributed by atoms with Crippen molar-refractivity contribution < 1.29 is 21.5 Å². The third kappa shape index (κ3) is 1.68. The molecule has 0 aliphatic carbocycles. The lowest BCUT2D eigenvalue weighted by Gasteiger charge is -2.26. The highest BCUT2D eigenvalue weighted by molar-refractivity contribution is 5.71. The molecule has 0 aromatic rings. The standard InChI is InChI=1S/C6H10O3/c1-6(8)2-3-9-5(7)4-6/h8H,2-4H2,1H3/i1D3,3D2. The molecule has 3 heteroatoms. The Hall–Kier alpha value is -0.570. The van der Waals surface area contributed by atoms with Crippen LogP contribution < -0.4 is 0 Å². The molecule has 0 spiro atoms. The Morgan fingerprint density at radius 1 is 2.11 bits per heavy atom. The molecule has 1 fully saturated rings. The van der Waals surface area contributed by atoms with Crippen molar-refractivity contribution in [1.82, 2.24) is 0 Å². The summed E-state index contributed by atoms with van der Waals surface area (Å²) < 4.78 is 39.5. The fourth-order valence-corrected chi connectivity index (χ4v) is 0.573. The number of aliphatic hydroxyl groups is 1. The van der Waals surface area contributed by atoms with Crippen molar-refractivity contribution >= 4 is 5.97 Å². The minimum Gasteiger partial charge on any atom is -0.465 e. The molecule has 1 saturated heterocycles. The molecule has 0 aromatic heterocycles. The third-order valence-electron chi connectivity index (χ3n) is 0.987. The molecule has 9 heavy (non-hydrogen) atoms. The second-order valence-electron chi connectivity index (χ2n) is 2.00. The summed E-state index contributed by atoms with van der Waals surface area (Å²) in [5, 5.41) is 9.61. The summed E-state index contributed by atoms with van der Waals surface area (Å²) in [6.45, 7) is -5.21. The van der Waals surface area contributed by atoms with Crippen LogP contribution in [0.25, 0.3) is 0 Å². The Morgan fingerprint density at radius 3 is 3.44 bits per heavy atom. The fraction of sp³-hybridized carbons (Fsp3) is 0.833. The Labute approximate surface area is 60.7 Å². The van der Waals surface area contributed by atoms with E-state index in [1.165, 1.54) is 0 Å². The van der Waals surface area contributed by atoms with Gasteiger partial charge in [0.1, 0.15) is 0 Å². The van der Waals surface area contributed by atoms with Gasteiger partial charge in [-0.1, -0.05) is 0 Å². The number of rotatable bonds is 0. The molecular formula is C6H10O3. The van der Waals surface area contributed by atoms with E-state index in [0.29, 0.717) is 0 Å². The molecule has 52 valence electrons. The van der Waals surface area contributed by atoms with Crippen LogP contribution in [0.4, 0.5) is 0 Å². The van der Waals surface area contributed by atoms with E-state index < -0.39 is 37.8 Å². The molecule has 0 bridgehead atoms. The summed E-state index contributed by atoms with van der Waals surface area (Å²) in [5.41, 5.74) is -2.33. The summed E-state index contributed by atoms with van der Waals surface area (Å²) >= 11 is 0. The van der Waals surface area contributed by atoms with Gasteiger partial charge in [0.05, 0.1) is 21.3 Å². The lowest BCUT2D eigenvalue weighted by Crippen LogP contribution is -2.35. The van der Waals surface area contributed by atoms with Gasteiger partial charge in [0.2, 0.25) is 0 Å². The van der Waals surface area contributed by atoms with Gasteiger partial charge in [-0.2, -0.15) is 0 Å². The average Bonchev–Trinajstić information content (AvgIpc) is 1.76. The van der Waals surface area contributed by atoms with Crippen LogP contribution in [-0.2, 0) is 9.53 Å². The van der Waals surface area contributed by atoms with Crippen LogP contribution in [0.15, 0.2) is 0 Å². The average molecular weight is 135 g/mol. The van der Waals surface area contributed by atoms with Crippen LogP contribution in [0.3, 0.4) is 0 Å². The maximum atomic E-state index is 10.9. The molecule has 1 N–H and O–H groups in total. The van der Waals surface area contributed by atoms with Gasteiger partial charge in [0.25, 0.3) is 0 Å². The van der Waals surface area contributed by atoms with Crippen LogP contribution in [0.1, 0.15) is 26.5 Å². The first-order valence-electron chi connectivity index (χ1n) is 5.00. The summed E-state index contributed by atoms with van der Waals surface area (Å²) in [4.78, 5) is 10.9. The highest BCUT2D eigenvalue weighted by Crippen LogP contribution is 2.19. The monoisotopic (exact) mass is 135 g/mol. The van der Waals surface area contributed by atoms with E-state index in [9.17, 15) is 9.90 Å². The van der Waals surface area contributed by atoms with Crippen molar-refractivity contribution in [1.29, 1.82) is 0 Å². The lowest BCUT2D eigenvalue weighted by molar-refractivity contribution is -0.157. The molecule has 0 radical (unpaired) electrons. The first-order valence-corrected chi connectivity index (χ1v) is 2.50. The zero-order valence-electron chi connectivity index (χ0n) is 9.68. The van der Waals surface area contributed by atoms with Gasteiger partial charge >= 0.3 is 5.97 Å². The Bertz CT molecular complexity index is 261. The van der Waals surface area contributed by atoms with Crippen LogP contribution >= 0.6 is 0 Å². The van der Waals surface area contributed by atoms with Crippen LogP contribution in [0.2, 0.25) is 0 Å². The summed E-state index contributed by atoms with van der Waals surface area (Å²) in [5.74, 6) is -1.04. The number of hydrogen-bond acceptors (Lipinski definition) is 3. The predicted molar refractivity (Wildman–Crippen MR) is 30.8 cm³/mol. The number of hydrogen-bond donors (Lipinski definition) is 1. The van der Waals surface area contributed by atoms with Crippen molar-refractivity contribution in [2.75, 3.05) is 6.56 Å². The summed E-state index contributed by atoms with van der Waals surface area (Å²) in [7, 11) is 0. The molecule has 3 nitrogen and oxygen atoms in total.